The van der Waals surface area contributed by atoms with Crippen LogP contribution in [0.4, 0.5) is 13.2 Å². The minimum atomic E-state index is -4.44. The summed E-state index contributed by atoms with van der Waals surface area (Å²) < 4.78 is 37.7. The Kier molecular flexibility index (Phi) is 5.17. The van der Waals surface area contributed by atoms with Gasteiger partial charge in [0.2, 0.25) is 0 Å². The third-order valence-corrected chi connectivity index (χ3v) is 3.55. The summed E-state index contributed by atoms with van der Waals surface area (Å²) in [6.45, 7) is 0. The standard InChI is InChI=1S/C15H11F3N2O2S/c16-15(17,18)11-4-1-3-10(9-11)6-7-13(21)19-20-14(22)12-5-2-8-23-12/h1-9H,(H,19,21)(H,20,22)/b7-6+. The van der Waals surface area contributed by atoms with Gasteiger partial charge in [0.25, 0.3) is 11.8 Å². The van der Waals surface area contributed by atoms with Gasteiger partial charge < -0.3 is 0 Å². The van der Waals surface area contributed by atoms with E-state index < -0.39 is 23.6 Å². The Morgan fingerprint density at radius 1 is 1.09 bits per heavy atom. The molecule has 2 amide bonds. The van der Waals surface area contributed by atoms with Gasteiger partial charge >= 0.3 is 6.18 Å². The second-order valence-corrected chi connectivity index (χ2v) is 5.32. The van der Waals surface area contributed by atoms with Gasteiger partial charge in [0, 0.05) is 6.08 Å². The van der Waals surface area contributed by atoms with Crippen molar-refractivity contribution in [2.75, 3.05) is 0 Å². The number of hydrazine groups is 1. The topological polar surface area (TPSA) is 58.2 Å². The second-order valence-electron chi connectivity index (χ2n) is 4.38. The average molecular weight is 340 g/mol. The molecule has 8 heteroatoms. The number of carbonyl (C=O) groups is 2. The number of amides is 2. The van der Waals surface area contributed by atoms with Crippen LogP contribution in [0.15, 0.2) is 47.9 Å². The van der Waals surface area contributed by atoms with Crippen LogP contribution >= 0.6 is 11.3 Å². The fraction of sp³-hybridized carbons (Fsp3) is 0.0667. The summed E-state index contributed by atoms with van der Waals surface area (Å²) in [4.78, 5) is 23.5. The predicted octanol–water partition coefficient (Wildman–Crippen LogP) is 3.24. The van der Waals surface area contributed by atoms with Crippen LogP contribution in [-0.2, 0) is 11.0 Å². The molecular weight excluding hydrogens is 329 g/mol. The van der Waals surface area contributed by atoms with Gasteiger partial charge in [-0.2, -0.15) is 13.2 Å². The van der Waals surface area contributed by atoms with Crippen LogP contribution < -0.4 is 10.9 Å². The van der Waals surface area contributed by atoms with E-state index in [2.05, 4.69) is 10.9 Å². The maximum Gasteiger partial charge on any atom is 0.416 e. The molecule has 0 aliphatic heterocycles. The Balaban J connectivity index is 1.92. The van der Waals surface area contributed by atoms with E-state index in [1.165, 1.54) is 29.5 Å². The third-order valence-electron chi connectivity index (χ3n) is 2.69. The Hall–Kier alpha value is -2.61. The van der Waals surface area contributed by atoms with Crippen LogP contribution in [0.25, 0.3) is 6.08 Å². The smallest absolute Gasteiger partial charge is 0.268 e. The summed E-state index contributed by atoms with van der Waals surface area (Å²) in [5.74, 6) is -1.13. The lowest BCUT2D eigenvalue weighted by Gasteiger charge is -2.06. The SMILES string of the molecule is O=C(/C=C/c1cccc(C(F)(F)F)c1)NNC(=O)c1cccs1. The second kappa shape index (κ2) is 7.10. The maximum atomic E-state index is 12.6. The van der Waals surface area contributed by atoms with Gasteiger partial charge in [-0.3, -0.25) is 20.4 Å². The first-order chi connectivity index (χ1) is 10.9. The van der Waals surface area contributed by atoms with Crippen molar-refractivity contribution < 1.29 is 22.8 Å². The van der Waals surface area contributed by atoms with Crippen molar-refractivity contribution in [3.63, 3.8) is 0 Å². The molecule has 0 spiro atoms. The zero-order valence-corrected chi connectivity index (χ0v) is 12.4. The lowest BCUT2D eigenvalue weighted by atomic mass is 10.1. The number of hydrogen-bond acceptors (Lipinski definition) is 3. The molecule has 23 heavy (non-hydrogen) atoms. The molecule has 0 unspecified atom stereocenters. The molecule has 0 saturated carbocycles. The van der Waals surface area contributed by atoms with E-state index in [9.17, 15) is 22.8 Å². The van der Waals surface area contributed by atoms with Crippen LogP contribution in [0.2, 0.25) is 0 Å². The molecule has 0 bridgehead atoms. The molecule has 2 rings (SSSR count). The molecule has 0 aliphatic carbocycles. The number of rotatable bonds is 3. The molecule has 4 nitrogen and oxygen atoms in total. The van der Waals surface area contributed by atoms with E-state index in [0.29, 0.717) is 4.88 Å². The van der Waals surface area contributed by atoms with E-state index in [1.807, 2.05) is 0 Å². The molecule has 0 aliphatic rings. The van der Waals surface area contributed by atoms with Crippen molar-refractivity contribution in [3.8, 4) is 0 Å². The van der Waals surface area contributed by atoms with Crippen LogP contribution in [0.1, 0.15) is 20.8 Å². The van der Waals surface area contributed by atoms with E-state index in [4.69, 9.17) is 0 Å². The molecule has 2 N–H and O–H groups in total. The van der Waals surface area contributed by atoms with Crippen LogP contribution in [0, 0.1) is 0 Å². The van der Waals surface area contributed by atoms with Gasteiger partial charge in [-0.1, -0.05) is 18.2 Å². The Morgan fingerprint density at radius 2 is 1.87 bits per heavy atom. The van der Waals surface area contributed by atoms with Crippen LogP contribution in [0.5, 0.6) is 0 Å². The summed E-state index contributed by atoms with van der Waals surface area (Å²) in [7, 11) is 0. The predicted molar refractivity (Wildman–Crippen MR) is 80.4 cm³/mol. The van der Waals surface area contributed by atoms with Crippen molar-refractivity contribution in [3.05, 3.63) is 63.9 Å². The maximum absolute atomic E-state index is 12.6. The number of benzene rings is 1. The third kappa shape index (κ3) is 4.96. The summed E-state index contributed by atoms with van der Waals surface area (Å²) in [6.07, 6.45) is -2.19. The van der Waals surface area contributed by atoms with Crippen molar-refractivity contribution >= 4 is 29.2 Å². The minimum absolute atomic E-state index is 0.222. The van der Waals surface area contributed by atoms with E-state index in [1.54, 1.807) is 17.5 Å². The normalized spacial score (nSPS) is 11.4. The quantitative estimate of drug-likeness (QED) is 0.666. The number of carbonyl (C=O) groups excluding carboxylic acids is 2. The van der Waals surface area contributed by atoms with Gasteiger partial charge in [-0.05, 0) is 35.2 Å². The minimum Gasteiger partial charge on any atom is -0.268 e. The monoisotopic (exact) mass is 340 g/mol. The Labute approximate surface area is 133 Å². The number of halogens is 3. The summed E-state index contributed by atoms with van der Waals surface area (Å²) in [5.41, 5.74) is 3.76. The van der Waals surface area contributed by atoms with Gasteiger partial charge in [0.1, 0.15) is 0 Å². The first-order valence-electron chi connectivity index (χ1n) is 6.35. The molecule has 1 aromatic heterocycles. The number of alkyl halides is 3. The van der Waals surface area contributed by atoms with Crippen molar-refractivity contribution in [2.24, 2.45) is 0 Å². The summed E-state index contributed by atoms with van der Waals surface area (Å²) in [5, 5.41) is 1.71. The van der Waals surface area contributed by atoms with Crippen LogP contribution in [0.3, 0.4) is 0 Å². The molecule has 1 heterocycles. The summed E-state index contributed by atoms with van der Waals surface area (Å²) >= 11 is 1.21. The molecule has 1 aromatic carbocycles. The van der Waals surface area contributed by atoms with Crippen molar-refractivity contribution in [1.82, 2.24) is 10.9 Å². The fourth-order valence-electron chi connectivity index (χ4n) is 1.62. The molecule has 0 atom stereocenters. The Bertz CT molecular complexity index is 725. The van der Waals surface area contributed by atoms with Gasteiger partial charge in [0.05, 0.1) is 10.4 Å². The van der Waals surface area contributed by atoms with E-state index in [-0.39, 0.29) is 5.56 Å². The molecule has 0 saturated heterocycles. The zero-order valence-electron chi connectivity index (χ0n) is 11.6. The zero-order chi connectivity index (χ0) is 16.9. The largest absolute Gasteiger partial charge is 0.416 e. The van der Waals surface area contributed by atoms with Crippen molar-refractivity contribution in [1.29, 1.82) is 0 Å². The fourth-order valence-corrected chi connectivity index (χ4v) is 2.24. The molecule has 0 radical (unpaired) electrons. The molecular formula is C15H11F3N2O2S. The highest BCUT2D eigenvalue weighted by molar-refractivity contribution is 7.12. The number of hydrogen-bond donors (Lipinski definition) is 2. The molecule has 2 aromatic rings. The highest BCUT2D eigenvalue weighted by atomic mass is 32.1. The first kappa shape index (κ1) is 16.8. The van der Waals surface area contributed by atoms with Gasteiger partial charge in [-0.25, -0.2) is 0 Å². The van der Waals surface area contributed by atoms with E-state index in [0.717, 1.165) is 18.2 Å². The van der Waals surface area contributed by atoms with Crippen LogP contribution in [-0.4, -0.2) is 11.8 Å². The lowest BCUT2D eigenvalue weighted by molar-refractivity contribution is -0.137. The molecule has 120 valence electrons. The van der Waals surface area contributed by atoms with Gasteiger partial charge in [-0.15, -0.1) is 11.3 Å². The Morgan fingerprint density at radius 3 is 2.52 bits per heavy atom. The summed E-state index contributed by atoms with van der Waals surface area (Å²) in [6, 6.07) is 7.83. The molecule has 0 fully saturated rings. The highest BCUT2D eigenvalue weighted by Gasteiger charge is 2.30. The lowest BCUT2D eigenvalue weighted by Crippen LogP contribution is -2.40. The van der Waals surface area contributed by atoms with Gasteiger partial charge in [0.15, 0.2) is 0 Å². The average Bonchev–Trinajstić information content (AvgIpc) is 3.04. The highest BCUT2D eigenvalue weighted by Crippen LogP contribution is 2.29. The van der Waals surface area contributed by atoms with E-state index >= 15 is 0 Å². The number of nitrogens with one attached hydrogen (secondary N) is 2. The van der Waals surface area contributed by atoms with Crippen molar-refractivity contribution in [2.45, 2.75) is 6.18 Å². The first-order valence-corrected chi connectivity index (χ1v) is 7.23. The number of thiophene rings is 1.